The van der Waals surface area contributed by atoms with E-state index in [0.717, 1.165) is 4.90 Å². The number of nitrogens with zero attached hydrogens (tertiary/aromatic N) is 1. The summed E-state index contributed by atoms with van der Waals surface area (Å²) in [7, 11) is -4.38. The van der Waals surface area contributed by atoms with Crippen LogP contribution in [0.15, 0.2) is 11.2 Å². The molecule has 4 aliphatic rings. The number of rotatable bonds is 8. The van der Waals surface area contributed by atoms with E-state index in [4.69, 9.17) is 0 Å². The maximum absolute atomic E-state index is 15.1. The molecule has 1 saturated carbocycles. The molecule has 0 aromatic heterocycles. The Hall–Kier alpha value is -2.85. The Morgan fingerprint density at radius 3 is 2.21 bits per heavy atom. The van der Waals surface area contributed by atoms with E-state index in [1.807, 2.05) is 0 Å². The van der Waals surface area contributed by atoms with E-state index < -0.39 is 98.6 Å². The van der Waals surface area contributed by atoms with Gasteiger partial charge in [0.25, 0.3) is 5.92 Å². The molecule has 4 fully saturated rings. The summed E-state index contributed by atoms with van der Waals surface area (Å²) in [5.74, 6) is -11.3. The number of alkyl halides is 5. The zero-order valence-corrected chi connectivity index (χ0v) is 24.2. The van der Waals surface area contributed by atoms with E-state index in [2.05, 4.69) is 10.6 Å². The molecule has 0 unspecified atom stereocenters. The highest BCUT2D eigenvalue weighted by Crippen LogP contribution is 2.49. The molecular weight excluding hydrogens is 598 g/mol. The highest BCUT2D eigenvalue weighted by atomic mass is 32.2. The summed E-state index contributed by atoms with van der Waals surface area (Å²) in [5, 5.41) is 4.81. The van der Waals surface area contributed by atoms with Crippen molar-refractivity contribution in [2.24, 2.45) is 17.3 Å². The second kappa shape index (κ2) is 11.7. The van der Waals surface area contributed by atoms with Gasteiger partial charge in [0.15, 0.2) is 0 Å². The van der Waals surface area contributed by atoms with Crippen LogP contribution >= 0.6 is 0 Å². The van der Waals surface area contributed by atoms with Crippen LogP contribution in [0, 0.1) is 17.3 Å². The summed E-state index contributed by atoms with van der Waals surface area (Å²) in [6.45, 7) is 4.31. The zero-order valence-electron chi connectivity index (χ0n) is 23.4. The molecule has 0 aromatic carbocycles. The van der Waals surface area contributed by atoms with Crippen molar-refractivity contribution in [3.8, 4) is 0 Å². The molecule has 0 radical (unpaired) electrons. The molecule has 4 rings (SSSR count). The average Bonchev–Trinajstić information content (AvgIpc) is 3.22. The maximum Gasteiger partial charge on any atom is 0.471 e. The Kier molecular flexibility index (Phi) is 9.36. The lowest BCUT2D eigenvalue weighted by Crippen LogP contribution is -2.71. The molecule has 0 aromatic rings. The zero-order chi connectivity index (χ0) is 32.0. The molecule has 3 saturated heterocycles. The van der Waals surface area contributed by atoms with E-state index in [0.29, 0.717) is 12.3 Å². The summed E-state index contributed by atoms with van der Waals surface area (Å²) in [4.78, 5) is 52.0. The SMILES string of the molecule is CC(C)(C)[C@H](NC(=O)C(F)(F)F)C(=O)N1[C@@H]2CC[C@H]([C@H]1C(=O)N[C@@H](/C=C(\F)S(C)(=O)=O)C[C@H]1CCNC1=O)C(F)(F)C2. The average molecular weight is 633 g/mol. The highest BCUT2D eigenvalue weighted by Gasteiger charge is 2.61. The van der Waals surface area contributed by atoms with Crippen molar-refractivity contribution in [3.05, 3.63) is 11.2 Å². The Balaban J connectivity index is 2.00. The number of halogens is 6. The van der Waals surface area contributed by atoms with Gasteiger partial charge in [-0.15, -0.1) is 0 Å². The fourth-order valence-electron chi connectivity index (χ4n) is 5.73. The van der Waals surface area contributed by atoms with Crippen LogP contribution < -0.4 is 16.0 Å². The van der Waals surface area contributed by atoms with Gasteiger partial charge in [-0.3, -0.25) is 19.2 Å². The van der Waals surface area contributed by atoms with E-state index in [-0.39, 0.29) is 32.2 Å². The van der Waals surface area contributed by atoms with E-state index in [9.17, 15) is 45.2 Å². The maximum atomic E-state index is 15.1. The molecule has 2 bridgehead atoms. The number of carbonyl (C=O) groups is 4. The molecule has 4 amide bonds. The second-order valence-corrected chi connectivity index (χ2v) is 14.1. The minimum atomic E-state index is -5.36. The van der Waals surface area contributed by atoms with Crippen LogP contribution in [0.1, 0.15) is 52.9 Å². The van der Waals surface area contributed by atoms with Crippen LogP contribution in [-0.2, 0) is 29.0 Å². The van der Waals surface area contributed by atoms with Gasteiger partial charge in [0.05, 0.1) is 12.0 Å². The first kappa shape index (κ1) is 33.6. The van der Waals surface area contributed by atoms with Gasteiger partial charge in [-0.05, 0) is 37.2 Å². The highest BCUT2D eigenvalue weighted by molar-refractivity contribution is 7.94. The number of hydrogen-bond acceptors (Lipinski definition) is 6. The topological polar surface area (TPSA) is 142 Å². The first-order valence-electron chi connectivity index (χ1n) is 13.3. The smallest absolute Gasteiger partial charge is 0.356 e. The van der Waals surface area contributed by atoms with Crippen molar-refractivity contribution in [2.45, 2.75) is 89.1 Å². The largest absolute Gasteiger partial charge is 0.471 e. The normalized spacial score (nSPS) is 27.7. The van der Waals surface area contributed by atoms with Crippen molar-refractivity contribution in [1.82, 2.24) is 20.9 Å². The molecule has 1 aliphatic carbocycles. The van der Waals surface area contributed by atoms with Gasteiger partial charge in [0.1, 0.15) is 12.1 Å². The first-order chi connectivity index (χ1) is 19.0. The molecule has 10 nitrogen and oxygen atoms in total. The molecule has 3 aliphatic heterocycles. The minimum Gasteiger partial charge on any atom is -0.356 e. The third-order valence-corrected chi connectivity index (χ3v) is 8.66. The monoisotopic (exact) mass is 632 g/mol. The van der Waals surface area contributed by atoms with E-state index >= 15 is 8.78 Å². The van der Waals surface area contributed by atoms with Gasteiger partial charge < -0.3 is 20.9 Å². The third kappa shape index (κ3) is 7.37. The number of fused-ring (bicyclic) bond motifs is 3. The number of piperidine rings is 2. The van der Waals surface area contributed by atoms with Gasteiger partial charge in [0.2, 0.25) is 32.7 Å². The van der Waals surface area contributed by atoms with Crippen molar-refractivity contribution < 1.29 is 53.9 Å². The number of amides is 4. The van der Waals surface area contributed by atoms with Crippen LogP contribution in [0.5, 0.6) is 0 Å². The standard InChI is InChI=1S/C25H34F6N4O6S/c1-23(2,3)18(34-22(39)25(29,30)31)21(38)35-14-5-6-15(24(27,28)11-14)17(35)20(37)33-13(10-16(26)42(4,40)41)9-12-7-8-32-19(12)36/h10,12-15,17-18H,5-9,11H2,1-4H3,(H,32,36)(H,33,37)(H,34,39)/b16-10+/t12-,13-,14-,15-,17+,18-/m1/s1. The molecule has 6 atom stereocenters. The minimum absolute atomic E-state index is 0.00808. The van der Waals surface area contributed by atoms with E-state index in [1.165, 1.54) is 20.8 Å². The van der Waals surface area contributed by atoms with Gasteiger partial charge in [-0.25, -0.2) is 17.2 Å². The van der Waals surface area contributed by atoms with Crippen molar-refractivity contribution in [1.29, 1.82) is 0 Å². The van der Waals surface area contributed by atoms with Crippen molar-refractivity contribution in [3.63, 3.8) is 0 Å². The van der Waals surface area contributed by atoms with Crippen LogP contribution in [0.4, 0.5) is 26.3 Å². The van der Waals surface area contributed by atoms with Crippen LogP contribution in [-0.4, -0.2) is 86.0 Å². The summed E-state index contributed by atoms with van der Waals surface area (Å²) in [6.07, 6.45) is -5.38. The number of hydrogen-bond donors (Lipinski definition) is 3. The predicted octanol–water partition coefficient (Wildman–Crippen LogP) is 1.96. The van der Waals surface area contributed by atoms with Gasteiger partial charge in [0, 0.05) is 31.2 Å². The molecular formula is C25H34F6N4O6S. The fourth-order valence-corrected chi connectivity index (χ4v) is 6.14. The quantitative estimate of drug-likeness (QED) is 0.350. The fraction of sp³-hybridized carbons (Fsp3) is 0.760. The Bertz CT molecular complexity index is 1250. The van der Waals surface area contributed by atoms with Gasteiger partial charge in [-0.2, -0.15) is 17.6 Å². The van der Waals surface area contributed by atoms with E-state index in [1.54, 1.807) is 5.32 Å². The van der Waals surface area contributed by atoms with Crippen LogP contribution in [0.25, 0.3) is 0 Å². The molecule has 42 heavy (non-hydrogen) atoms. The summed E-state index contributed by atoms with van der Waals surface area (Å²) >= 11 is 0. The molecule has 17 heteroatoms. The number of sulfone groups is 1. The number of nitrogens with one attached hydrogen (secondary N) is 3. The third-order valence-electron chi connectivity index (χ3n) is 7.82. The number of carbonyl (C=O) groups excluding carboxylic acids is 4. The summed E-state index contributed by atoms with van der Waals surface area (Å²) in [5.41, 5.74) is -1.35. The van der Waals surface area contributed by atoms with Crippen LogP contribution in [0.2, 0.25) is 0 Å². The summed E-state index contributed by atoms with van der Waals surface area (Å²) < 4.78 is 107. The predicted molar refractivity (Wildman–Crippen MR) is 136 cm³/mol. The Morgan fingerprint density at radius 2 is 1.74 bits per heavy atom. The Morgan fingerprint density at radius 1 is 1.12 bits per heavy atom. The molecule has 3 N–H and O–H groups in total. The molecule has 0 spiro atoms. The lowest BCUT2D eigenvalue weighted by molar-refractivity contribution is -0.197. The van der Waals surface area contributed by atoms with Crippen molar-refractivity contribution >= 4 is 33.5 Å². The molecule has 3 heterocycles. The first-order valence-corrected chi connectivity index (χ1v) is 15.2. The lowest BCUT2D eigenvalue weighted by Gasteiger charge is -2.55. The van der Waals surface area contributed by atoms with Crippen LogP contribution in [0.3, 0.4) is 0 Å². The second-order valence-electron chi connectivity index (χ2n) is 12.1. The van der Waals surface area contributed by atoms with Gasteiger partial charge >= 0.3 is 12.1 Å². The summed E-state index contributed by atoms with van der Waals surface area (Å²) in [6, 6.07) is -6.56. The van der Waals surface area contributed by atoms with Gasteiger partial charge in [-0.1, -0.05) is 20.8 Å². The van der Waals surface area contributed by atoms with Crippen molar-refractivity contribution in [2.75, 3.05) is 12.8 Å². The molecule has 238 valence electrons. The lowest BCUT2D eigenvalue weighted by atomic mass is 9.70. The Labute approximate surface area is 238 Å².